The number of aromatic nitrogens is 3. The van der Waals surface area contributed by atoms with Gasteiger partial charge in [0.05, 0.1) is 0 Å². The molecule has 0 atom stereocenters. The van der Waals surface area contributed by atoms with Crippen LogP contribution in [0.4, 0.5) is 0 Å². The number of nitrogens with zero attached hydrogens (tertiary/aromatic N) is 4. The Morgan fingerprint density at radius 2 is 1.89 bits per heavy atom. The fourth-order valence-electron chi connectivity index (χ4n) is 3.67. The number of guanidine groups is 1. The third-order valence-electron chi connectivity index (χ3n) is 5.10. The second-order valence-electron chi connectivity index (χ2n) is 7.26. The van der Waals surface area contributed by atoms with E-state index in [1.807, 2.05) is 0 Å². The average molecular weight is 523 g/mol. The number of thioether (sulfide) groups is 1. The van der Waals surface area contributed by atoms with E-state index in [-0.39, 0.29) is 24.0 Å². The van der Waals surface area contributed by atoms with Crippen molar-refractivity contribution in [3.63, 3.8) is 0 Å². The molecule has 1 aliphatic rings. The van der Waals surface area contributed by atoms with Crippen molar-refractivity contribution in [2.75, 3.05) is 25.9 Å². The van der Waals surface area contributed by atoms with E-state index in [0.29, 0.717) is 6.04 Å². The number of halogens is 1. The molecule has 1 aromatic heterocycles. The van der Waals surface area contributed by atoms with Gasteiger partial charge in [0.25, 0.3) is 0 Å². The molecule has 1 aromatic rings. The van der Waals surface area contributed by atoms with Gasteiger partial charge in [-0.2, -0.15) is 0 Å². The number of hydrogen-bond donors (Lipinski definition) is 2. The summed E-state index contributed by atoms with van der Waals surface area (Å²) < 4.78 is 2.40. The topological polar surface area (TPSA) is 67.1 Å². The highest BCUT2D eigenvalue weighted by Crippen LogP contribution is 2.33. The first-order chi connectivity index (χ1) is 13.3. The zero-order chi connectivity index (χ0) is 19.3. The highest BCUT2D eigenvalue weighted by molar-refractivity contribution is 14.0. The third-order valence-corrected chi connectivity index (χ3v) is 5.75. The number of rotatable bonds is 12. The third kappa shape index (κ3) is 8.47. The number of aryl methyl sites for hydroxylation is 1. The Balaban J connectivity index is 0.00000392. The van der Waals surface area contributed by atoms with E-state index in [0.717, 1.165) is 49.4 Å². The molecule has 0 unspecified atom stereocenters. The normalized spacial score (nSPS) is 14.9. The minimum atomic E-state index is 0. The Labute approximate surface area is 192 Å². The predicted octanol–water partition coefficient (Wildman–Crippen LogP) is 4.80. The van der Waals surface area contributed by atoms with Crippen molar-refractivity contribution in [1.82, 2.24) is 25.4 Å². The molecule has 8 heteroatoms. The largest absolute Gasteiger partial charge is 0.357 e. The Morgan fingerprint density at radius 1 is 1.11 bits per heavy atom. The van der Waals surface area contributed by atoms with Crippen LogP contribution in [0, 0.1) is 0 Å². The van der Waals surface area contributed by atoms with Crippen LogP contribution in [0.25, 0.3) is 0 Å². The molecular weight excluding hydrogens is 483 g/mol. The molecule has 1 fully saturated rings. The molecule has 0 bridgehead atoms. The number of unbranched alkanes of at least 4 members (excludes halogenated alkanes) is 3. The first-order valence-electron chi connectivity index (χ1n) is 10.8. The number of aliphatic imine (C=N–C) groups is 1. The SMILES string of the molecule is CCCCCCNC(=NCCCc1nnc(SC)n1C1CCCC1)NCC.I. The first kappa shape index (κ1) is 25.5. The van der Waals surface area contributed by atoms with Crippen LogP contribution >= 0.6 is 35.7 Å². The van der Waals surface area contributed by atoms with Gasteiger partial charge in [-0.1, -0.05) is 50.8 Å². The van der Waals surface area contributed by atoms with E-state index >= 15 is 0 Å². The summed E-state index contributed by atoms with van der Waals surface area (Å²) in [6.07, 6.45) is 14.3. The summed E-state index contributed by atoms with van der Waals surface area (Å²) in [6, 6.07) is 0.600. The Bertz CT molecular complexity index is 557. The summed E-state index contributed by atoms with van der Waals surface area (Å²) in [7, 11) is 0. The van der Waals surface area contributed by atoms with Crippen molar-refractivity contribution in [2.45, 2.75) is 89.3 Å². The van der Waals surface area contributed by atoms with Gasteiger partial charge in [0.2, 0.25) is 0 Å². The Morgan fingerprint density at radius 3 is 2.57 bits per heavy atom. The summed E-state index contributed by atoms with van der Waals surface area (Å²) in [5, 5.41) is 16.7. The standard InChI is InChI=1S/C20H38N6S.HI/c1-4-6-7-10-15-22-19(21-5-2)23-16-11-14-18-24-25-20(27-3)26(18)17-12-8-9-13-17;/h17H,4-16H2,1-3H3,(H2,21,22,23);1H. The van der Waals surface area contributed by atoms with E-state index in [1.165, 1.54) is 51.4 Å². The lowest BCUT2D eigenvalue weighted by Crippen LogP contribution is -2.37. The number of nitrogens with one attached hydrogen (secondary N) is 2. The van der Waals surface area contributed by atoms with Gasteiger partial charge in [0.15, 0.2) is 11.1 Å². The van der Waals surface area contributed by atoms with Crippen molar-refractivity contribution < 1.29 is 0 Å². The lowest BCUT2D eigenvalue weighted by atomic mass is 10.2. The monoisotopic (exact) mass is 522 g/mol. The molecule has 0 aromatic carbocycles. The predicted molar refractivity (Wildman–Crippen MR) is 131 cm³/mol. The average Bonchev–Trinajstić information content (AvgIpc) is 3.33. The first-order valence-corrected chi connectivity index (χ1v) is 12.0. The van der Waals surface area contributed by atoms with Gasteiger partial charge in [0, 0.05) is 32.1 Å². The van der Waals surface area contributed by atoms with E-state index in [9.17, 15) is 0 Å². The molecule has 0 aliphatic heterocycles. The maximum absolute atomic E-state index is 4.73. The zero-order valence-electron chi connectivity index (χ0n) is 17.9. The van der Waals surface area contributed by atoms with Gasteiger partial charge in [-0.05, 0) is 38.9 Å². The summed E-state index contributed by atoms with van der Waals surface area (Å²) in [4.78, 5) is 4.73. The molecule has 0 spiro atoms. The molecule has 28 heavy (non-hydrogen) atoms. The van der Waals surface area contributed by atoms with Crippen LogP contribution < -0.4 is 10.6 Å². The summed E-state index contributed by atoms with van der Waals surface area (Å²) in [6.45, 7) is 7.07. The fraction of sp³-hybridized carbons (Fsp3) is 0.850. The smallest absolute Gasteiger partial charge is 0.191 e. The lowest BCUT2D eigenvalue weighted by Gasteiger charge is -2.16. The molecule has 0 radical (unpaired) electrons. The Kier molecular flexibility index (Phi) is 14.0. The van der Waals surface area contributed by atoms with Crippen molar-refractivity contribution in [3.8, 4) is 0 Å². The van der Waals surface area contributed by atoms with Crippen LogP contribution in [0.3, 0.4) is 0 Å². The second-order valence-corrected chi connectivity index (χ2v) is 8.04. The van der Waals surface area contributed by atoms with E-state index < -0.39 is 0 Å². The molecule has 162 valence electrons. The molecule has 2 rings (SSSR count). The van der Waals surface area contributed by atoms with E-state index in [4.69, 9.17) is 4.99 Å². The van der Waals surface area contributed by atoms with Gasteiger partial charge in [-0.15, -0.1) is 34.2 Å². The second kappa shape index (κ2) is 15.3. The van der Waals surface area contributed by atoms with Gasteiger partial charge in [-0.3, -0.25) is 4.99 Å². The van der Waals surface area contributed by atoms with Gasteiger partial charge in [-0.25, -0.2) is 0 Å². The summed E-state index contributed by atoms with van der Waals surface area (Å²) in [5.41, 5.74) is 0. The molecule has 0 amide bonds. The van der Waals surface area contributed by atoms with Crippen LogP contribution in [0.5, 0.6) is 0 Å². The minimum Gasteiger partial charge on any atom is -0.357 e. The van der Waals surface area contributed by atoms with Crippen LogP contribution in [0.15, 0.2) is 10.1 Å². The molecule has 2 N–H and O–H groups in total. The highest BCUT2D eigenvalue weighted by Gasteiger charge is 2.23. The molecule has 0 saturated heterocycles. The molecule has 1 heterocycles. The van der Waals surface area contributed by atoms with Gasteiger partial charge < -0.3 is 15.2 Å². The number of hydrogen-bond acceptors (Lipinski definition) is 4. The van der Waals surface area contributed by atoms with Gasteiger partial charge in [0.1, 0.15) is 5.82 Å². The van der Waals surface area contributed by atoms with Crippen molar-refractivity contribution in [1.29, 1.82) is 0 Å². The molecule has 1 aliphatic carbocycles. The minimum absolute atomic E-state index is 0. The van der Waals surface area contributed by atoms with E-state index in [1.54, 1.807) is 11.8 Å². The van der Waals surface area contributed by atoms with Crippen LogP contribution in [0.1, 0.15) is 83.5 Å². The molecule has 1 saturated carbocycles. The maximum Gasteiger partial charge on any atom is 0.191 e. The summed E-state index contributed by atoms with van der Waals surface area (Å²) >= 11 is 1.71. The van der Waals surface area contributed by atoms with Crippen molar-refractivity contribution in [2.24, 2.45) is 4.99 Å². The van der Waals surface area contributed by atoms with Gasteiger partial charge >= 0.3 is 0 Å². The quantitative estimate of drug-likeness (QED) is 0.136. The fourth-order valence-corrected chi connectivity index (χ4v) is 4.25. The highest BCUT2D eigenvalue weighted by atomic mass is 127. The molecule has 6 nitrogen and oxygen atoms in total. The van der Waals surface area contributed by atoms with Crippen LogP contribution in [0.2, 0.25) is 0 Å². The lowest BCUT2D eigenvalue weighted by molar-refractivity contribution is 0.461. The summed E-state index contributed by atoms with van der Waals surface area (Å²) in [5.74, 6) is 2.08. The van der Waals surface area contributed by atoms with Crippen molar-refractivity contribution in [3.05, 3.63) is 5.82 Å². The van der Waals surface area contributed by atoms with Crippen molar-refractivity contribution >= 4 is 41.7 Å². The van der Waals surface area contributed by atoms with Crippen LogP contribution in [-0.4, -0.2) is 46.6 Å². The van der Waals surface area contributed by atoms with Crippen LogP contribution in [-0.2, 0) is 6.42 Å². The van der Waals surface area contributed by atoms with E-state index in [2.05, 4.69) is 45.5 Å². The zero-order valence-corrected chi connectivity index (χ0v) is 21.0. The molecular formula is C20H39IN6S. The Hall–Kier alpha value is -0.510. The maximum atomic E-state index is 4.73.